The summed E-state index contributed by atoms with van der Waals surface area (Å²) in [5.74, 6) is 0.966. The Morgan fingerprint density at radius 3 is 2.68 bits per heavy atom. The van der Waals surface area contributed by atoms with E-state index < -0.39 is 11.7 Å². The van der Waals surface area contributed by atoms with Gasteiger partial charge in [0.2, 0.25) is 11.8 Å². The third-order valence-electron chi connectivity index (χ3n) is 4.65. The second-order valence-corrected chi connectivity index (χ2v) is 6.60. The van der Waals surface area contributed by atoms with Crippen LogP contribution in [-0.4, -0.2) is 27.5 Å². The van der Waals surface area contributed by atoms with Gasteiger partial charge in [-0.1, -0.05) is 23.4 Å². The van der Waals surface area contributed by atoms with Crippen LogP contribution < -0.4 is 0 Å². The molecule has 0 spiro atoms. The zero-order valence-electron chi connectivity index (χ0n) is 13.3. The Kier molecular flexibility index (Phi) is 3.77. The van der Waals surface area contributed by atoms with Crippen molar-refractivity contribution < 1.29 is 22.5 Å². The summed E-state index contributed by atoms with van der Waals surface area (Å²) in [5.41, 5.74) is -0.617. The van der Waals surface area contributed by atoms with Crippen LogP contribution in [0.25, 0.3) is 0 Å². The summed E-state index contributed by atoms with van der Waals surface area (Å²) in [7, 11) is 0. The molecule has 1 amide bonds. The fourth-order valence-electron chi connectivity index (χ4n) is 3.15. The minimum atomic E-state index is -4.44. The lowest BCUT2D eigenvalue weighted by Crippen LogP contribution is -2.26. The van der Waals surface area contributed by atoms with E-state index in [1.54, 1.807) is 6.07 Å². The van der Waals surface area contributed by atoms with Crippen LogP contribution in [0.15, 0.2) is 28.8 Å². The first kappa shape index (κ1) is 16.1. The molecular weight excluding hydrogens is 335 g/mol. The van der Waals surface area contributed by atoms with E-state index >= 15 is 0 Å². The Balaban J connectivity index is 1.49. The van der Waals surface area contributed by atoms with Crippen molar-refractivity contribution in [2.75, 3.05) is 6.54 Å². The number of carbonyl (C=O) groups is 1. The molecule has 5 nitrogen and oxygen atoms in total. The van der Waals surface area contributed by atoms with Crippen molar-refractivity contribution in [1.29, 1.82) is 0 Å². The molecule has 8 heteroatoms. The highest BCUT2D eigenvalue weighted by Gasteiger charge is 2.38. The Morgan fingerprint density at radius 1 is 1.20 bits per heavy atom. The molecule has 1 aromatic heterocycles. The van der Waals surface area contributed by atoms with Gasteiger partial charge in [-0.15, -0.1) is 0 Å². The molecule has 1 aliphatic heterocycles. The maximum absolute atomic E-state index is 13.1. The van der Waals surface area contributed by atoms with Crippen LogP contribution in [0, 0.1) is 0 Å². The fourth-order valence-corrected chi connectivity index (χ4v) is 3.15. The molecule has 0 radical (unpaired) electrons. The molecule has 2 fully saturated rings. The van der Waals surface area contributed by atoms with E-state index in [4.69, 9.17) is 4.52 Å². The second-order valence-electron chi connectivity index (χ2n) is 6.60. The summed E-state index contributed by atoms with van der Waals surface area (Å²) < 4.78 is 44.6. The Morgan fingerprint density at radius 2 is 1.96 bits per heavy atom. The topological polar surface area (TPSA) is 59.2 Å². The summed E-state index contributed by atoms with van der Waals surface area (Å²) in [6, 6.07) is 5.33. The van der Waals surface area contributed by atoms with E-state index in [1.807, 2.05) is 0 Å². The zero-order chi connectivity index (χ0) is 17.6. The molecule has 0 N–H and O–H groups in total. The molecule has 1 aliphatic carbocycles. The number of halogens is 3. The molecule has 1 unspecified atom stereocenters. The quantitative estimate of drug-likeness (QED) is 0.846. The van der Waals surface area contributed by atoms with Gasteiger partial charge in [-0.2, -0.15) is 18.2 Å². The van der Waals surface area contributed by atoms with E-state index in [-0.39, 0.29) is 36.9 Å². The number of alkyl halides is 3. The van der Waals surface area contributed by atoms with E-state index in [9.17, 15) is 18.0 Å². The predicted octanol–water partition coefficient (Wildman–Crippen LogP) is 3.48. The van der Waals surface area contributed by atoms with Gasteiger partial charge >= 0.3 is 6.18 Å². The molecule has 4 rings (SSSR count). The number of carbonyl (C=O) groups excluding carboxylic acids is 1. The van der Waals surface area contributed by atoms with Crippen LogP contribution in [0.1, 0.15) is 53.9 Å². The predicted molar refractivity (Wildman–Crippen MR) is 80.5 cm³/mol. The van der Waals surface area contributed by atoms with Crippen LogP contribution in [-0.2, 0) is 17.5 Å². The first-order chi connectivity index (χ1) is 11.9. The number of hydrogen-bond acceptors (Lipinski definition) is 4. The smallest absolute Gasteiger partial charge is 0.339 e. The molecule has 1 saturated heterocycles. The van der Waals surface area contributed by atoms with Crippen molar-refractivity contribution in [1.82, 2.24) is 15.0 Å². The van der Waals surface area contributed by atoms with E-state index in [0.717, 1.165) is 18.9 Å². The van der Waals surface area contributed by atoms with Crippen molar-refractivity contribution in [3.05, 3.63) is 47.1 Å². The first-order valence-electron chi connectivity index (χ1n) is 8.18. The highest BCUT2D eigenvalue weighted by atomic mass is 19.4. The van der Waals surface area contributed by atoms with Gasteiger partial charge in [0, 0.05) is 25.4 Å². The van der Waals surface area contributed by atoms with Gasteiger partial charge in [-0.25, -0.2) is 0 Å². The minimum absolute atomic E-state index is 0.0748. The molecule has 0 bridgehead atoms. The van der Waals surface area contributed by atoms with Crippen LogP contribution in [0.3, 0.4) is 0 Å². The Hall–Kier alpha value is -2.38. The minimum Gasteiger partial charge on any atom is -0.339 e. The number of hydrogen-bond donors (Lipinski definition) is 0. The monoisotopic (exact) mass is 351 g/mol. The van der Waals surface area contributed by atoms with Gasteiger partial charge in [0.05, 0.1) is 11.5 Å². The molecule has 2 heterocycles. The van der Waals surface area contributed by atoms with Crippen LogP contribution in [0.4, 0.5) is 13.2 Å². The van der Waals surface area contributed by atoms with E-state index in [1.165, 1.54) is 17.0 Å². The lowest BCUT2D eigenvalue weighted by atomic mass is 10.1. The first-order valence-corrected chi connectivity index (χ1v) is 8.18. The molecule has 2 aromatic rings. The van der Waals surface area contributed by atoms with Crippen molar-refractivity contribution in [2.45, 2.75) is 43.8 Å². The number of rotatable bonds is 4. The normalized spacial score (nSPS) is 21.2. The molecule has 132 valence electrons. The maximum atomic E-state index is 13.1. The summed E-state index contributed by atoms with van der Waals surface area (Å²) >= 11 is 0. The van der Waals surface area contributed by atoms with Crippen LogP contribution in [0.5, 0.6) is 0 Å². The van der Waals surface area contributed by atoms with Gasteiger partial charge < -0.3 is 9.42 Å². The van der Waals surface area contributed by atoms with E-state index in [0.29, 0.717) is 17.6 Å². The Bertz CT molecular complexity index is 798. The highest BCUT2D eigenvalue weighted by molar-refractivity contribution is 5.79. The summed E-state index contributed by atoms with van der Waals surface area (Å²) in [6.07, 6.45) is -2.17. The largest absolute Gasteiger partial charge is 0.416 e. The van der Waals surface area contributed by atoms with Gasteiger partial charge in [-0.05, 0) is 24.5 Å². The number of nitrogens with zero attached hydrogens (tertiary/aromatic N) is 3. The molecular formula is C17H16F3N3O2. The lowest BCUT2D eigenvalue weighted by Gasteiger charge is -2.19. The van der Waals surface area contributed by atoms with Gasteiger partial charge in [0.15, 0.2) is 5.82 Å². The highest BCUT2D eigenvalue weighted by Crippen LogP contribution is 2.39. The average Bonchev–Trinajstić information content (AvgIpc) is 3.18. The van der Waals surface area contributed by atoms with Gasteiger partial charge in [0.25, 0.3) is 0 Å². The summed E-state index contributed by atoms with van der Waals surface area (Å²) in [5, 5.41) is 3.94. The number of aromatic nitrogens is 2. The third kappa shape index (κ3) is 3.25. The van der Waals surface area contributed by atoms with Crippen LogP contribution >= 0.6 is 0 Å². The lowest BCUT2D eigenvalue weighted by molar-refractivity contribution is -0.139. The summed E-state index contributed by atoms with van der Waals surface area (Å²) in [4.78, 5) is 18.0. The summed E-state index contributed by atoms with van der Waals surface area (Å²) in [6.45, 7) is 0.214. The number of amides is 1. The van der Waals surface area contributed by atoms with Crippen molar-refractivity contribution in [3.8, 4) is 0 Å². The number of benzene rings is 1. The van der Waals surface area contributed by atoms with Gasteiger partial charge in [0.1, 0.15) is 0 Å². The van der Waals surface area contributed by atoms with Gasteiger partial charge in [-0.3, -0.25) is 4.79 Å². The van der Waals surface area contributed by atoms with Crippen molar-refractivity contribution in [2.24, 2.45) is 0 Å². The molecule has 1 saturated carbocycles. The van der Waals surface area contributed by atoms with Crippen molar-refractivity contribution >= 4 is 5.91 Å². The second kappa shape index (κ2) is 5.86. The molecule has 2 aliphatic rings. The fraction of sp³-hybridized carbons (Fsp3) is 0.471. The molecule has 1 atom stereocenters. The SMILES string of the molecule is O=C1CC(c2nc(C3CC3)no2)CN1Cc1ccccc1C(F)(F)F. The average molecular weight is 351 g/mol. The maximum Gasteiger partial charge on any atom is 0.416 e. The van der Waals surface area contributed by atoms with Crippen molar-refractivity contribution in [3.63, 3.8) is 0 Å². The molecule has 1 aromatic carbocycles. The third-order valence-corrected chi connectivity index (χ3v) is 4.65. The Labute approximate surface area is 141 Å². The molecule has 25 heavy (non-hydrogen) atoms. The van der Waals surface area contributed by atoms with Crippen LogP contribution in [0.2, 0.25) is 0 Å². The standard InChI is InChI=1S/C17H16F3N3O2/c18-17(19,20)13-4-2-1-3-11(13)8-23-9-12(7-14(23)24)16-21-15(22-25-16)10-5-6-10/h1-4,10,12H,5-9H2. The van der Waals surface area contributed by atoms with E-state index in [2.05, 4.69) is 10.1 Å². The zero-order valence-corrected chi connectivity index (χ0v) is 13.3. The number of likely N-dealkylation sites (tertiary alicyclic amines) is 1.